The molecule has 0 bridgehead atoms. The smallest absolute Gasteiger partial charge is 0.0857 e. The predicted octanol–water partition coefficient (Wildman–Crippen LogP) is 9.63. The molecule has 0 saturated heterocycles. The van der Waals surface area contributed by atoms with Gasteiger partial charge in [-0.25, -0.2) is 0 Å². The lowest BCUT2D eigenvalue weighted by Gasteiger charge is -2.40. The van der Waals surface area contributed by atoms with Gasteiger partial charge in [0, 0.05) is 28.1 Å². The second-order valence-electron chi connectivity index (χ2n) is 11.5. The van der Waals surface area contributed by atoms with Crippen molar-refractivity contribution in [3.05, 3.63) is 144 Å². The van der Waals surface area contributed by atoms with Crippen LogP contribution in [0.4, 0.5) is 11.4 Å². The van der Waals surface area contributed by atoms with E-state index in [0.29, 0.717) is 0 Å². The highest BCUT2D eigenvalue weighted by atomic mass is 15.3. The summed E-state index contributed by atoms with van der Waals surface area (Å²) < 4.78 is 2.57. The fourth-order valence-corrected chi connectivity index (χ4v) is 7.69. The van der Waals surface area contributed by atoms with E-state index in [1.165, 1.54) is 77.8 Å². The van der Waals surface area contributed by atoms with Gasteiger partial charge in [-0.15, -0.1) is 0 Å². The van der Waals surface area contributed by atoms with Crippen molar-refractivity contribution in [3.63, 3.8) is 0 Å². The van der Waals surface area contributed by atoms with Crippen molar-refractivity contribution in [3.8, 4) is 11.1 Å². The van der Waals surface area contributed by atoms with E-state index >= 15 is 0 Å². The molecule has 190 valence electrons. The van der Waals surface area contributed by atoms with E-state index in [2.05, 4.69) is 145 Å². The number of hydrogen-bond acceptors (Lipinski definition) is 1. The highest BCUT2D eigenvalue weighted by Gasteiger charge is 2.48. The van der Waals surface area contributed by atoms with Crippen LogP contribution in [0, 0.1) is 13.8 Å². The molecule has 9 rings (SSSR count). The fourth-order valence-electron chi connectivity index (χ4n) is 7.69. The zero-order chi connectivity index (χ0) is 26.5. The number of aromatic nitrogens is 1. The Balaban J connectivity index is 1.42. The quantitative estimate of drug-likeness (QED) is 0.224. The van der Waals surface area contributed by atoms with Crippen LogP contribution >= 0.6 is 0 Å². The number of para-hydroxylation sites is 2. The molecule has 2 heteroatoms. The van der Waals surface area contributed by atoms with E-state index in [1.807, 2.05) is 0 Å². The summed E-state index contributed by atoms with van der Waals surface area (Å²) in [5.74, 6) is 0.262. The van der Waals surface area contributed by atoms with Gasteiger partial charge in [-0.2, -0.15) is 0 Å². The third-order valence-electron chi connectivity index (χ3n) is 9.30. The summed E-state index contributed by atoms with van der Waals surface area (Å²) in [6.07, 6.45) is 4.79. The minimum absolute atomic E-state index is 0.203. The normalized spacial score (nSPS) is 18.5. The van der Waals surface area contributed by atoms with Gasteiger partial charge in [-0.05, 0) is 71.5 Å². The van der Waals surface area contributed by atoms with Crippen molar-refractivity contribution in [2.24, 2.45) is 0 Å². The molecule has 1 aliphatic carbocycles. The van der Waals surface area contributed by atoms with Crippen molar-refractivity contribution in [1.29, 1.82) is 0 Å². The van der Waals surface area contributed by atoms with Gasteiger partial charge in [0.25, 0.3) is 0 Å². The maximum absolute atomic E-state index is 2.64. The molecule has 0 radical (unpaired) electrons. The molecule has 3 heterocycles. The van der Waals surface area contributed by atoms with Gasteiger partial charge in [0.1, 0.15) is 0 Å². The molecule has 0 N–H and O–H groups in total. The number of anilines is 2. The van der Waals surface area contributed by atoms with Crippen molar-refractivity contribution in [2.75, 3.05) is 4.90 Å². The predicted molar refractivity (Wildman–Crippen MR) is 168 cm³/mol. The summed E-state index contributed by atoms with van der Waals surface area (Å²) in [4.78, 5) is 2.64. The molecule has 0 fully saturated rings. The number of rotatable bonds is 2. The molecule has 0 spiro atoms. The van der Waals surface area contributed by atoms with Crippen molar-refractivity contribution >= 4 is 44.5 Å². The van der Waals surface area contributed by atoms with Crippen molar-refractivity contribution < 1.29 is 0 Å². The lowest BCUT2D eigenvalue weighted by molar-refractivity contribution is 0.737. The van der Waals surface area contributed by atoms with Crippen LogP contribution in [0.15, 0.2) is 121 Å². The minimum atomic E-state index is 0.203. The molecule has 40 heavy (non-hydrogen) atoms. The lowest BCUT2D eigenvalue weighted by atomic mass is 9.78. The Morgan fingerprint density at radius 2 is 1.48 bits per heavy atom. The number of benzene rings is 5. The van der Waals surface area contributed by atoms with Gasteiger partial charge < -0.3 is 9.47 Å². The lowest BCUT2D eigenvalue weighted by Crippen LogP contribution is -2.38. The molecular formula is C38H28N2. The molecule has 2 atom stereocenters. The van der Waals surface area contributed by atoms with Crippen LogP contribution in [0.5, 0.6) is 0 Å². The second kappa shape index (κ2) is 7.86. The van der Waals surface area contributed by atoms with Gasteiger partial charge in [0.05, 0.1) is 22.8 Å². The summed E-state index contributed by atoms with van der Waals surface area (Å²) in [6, 6.07) is 40.7. The molecule has 1 aromatic heterocycles. The number of nitrogens with zero attached hydrogens (tertiary/aromatic N) is 2. The van der Waals surface area contributed by atoms with Crippen LogP contribution in [0.2, 0.25) is 0 Å². The first-order valence-electron chi connectivity index (χ1n) is 14.2. The maximum atomic E-state index is 2.64. The van der Waals surface area contributed by atoms with E-state index in [1.54, 1.807) is 0 Å². The molecule has 2 unspecified atom stereocenters. The largest absolute Gasteiger partial charge is 0.329 e. The second-order valence-corrected chi connectivity index (χ2v) is 11.5. The van der Waals surface area contributed by atoms with Crippen LogP contribution in [0.3, 0.4) is 0 Å². The molecule has 0 saturated carbocycles. The number of fused-ring (bicyclic) bond motifs is 8. The average molecular weight is 513 g/mol. The Morgan fingerprint density at radius 1 is 0.650 bits per heavy atom. The minimum Gasteiger partial charge on any atom is -0.329 e. The first-order chi connectivity index (χ1) is 19.7. The zero-order valence-corrected chi connectivity index (χ0v) is 22.6. The monoisotopic (exact) mass is 512 g/mol. The summed E-state index contributed by atoms with van der Waals surface area (Å²) in [7, 11) is 0. The third kappa shape index (κ3) is 2.73. The van der Waals surface area contributed by atoms with E-state index in [0.717, 1.165) is 0 Å². The highest BCUT2D eigenvalue weighted by Crippen LogP contribution is 2.60. The molecule has 3 aliphatic rings. The Hall–Kier alpha value is -4.82. The summed E-state index contributed by atoms with van der Waals surface area (Å²) >= 11 is 0. The first kappa shape index (κ1) is 22.0. The SMILES string of the molecule is Cc1cccc(C2=CC=C3C4C2c2ccccc2N4c2ccc(-c4ccccc4C)c4c5ccccc5n3c24)c1. The van der Waals surface area contributed by atoms with Crippen LogP contribution < -0.4 is 4.90 Å². The maximum Gasteiger partial charge on any atom is 0.0857 e. The fraction of sp³-hybridized carbons (Fsp3) is 0.105. The van der Waals surface area contributed by atoms with E-state index in [-0.39, 0.29) is 12.0 Å². The van der Waals surface area contributed by atoms with Crippen molar-refractivity contribution in [1.82, 2.24) is 4.57 Å². The van der Waals surface area contributed by atoms with E-state index < -0.39 is 0 Å². The Kier molecular flexibility index (Phi) is 4.33. The number of hydrogen-bond donors (Lipinski definition) is 0. The molecule has 5 aromatic carbocycles. The Bertz CT molecular complexity index is 2100. The van der Waals surface area contributed by atoms with E-state index in [9.17, 15) is 0 Å². The molecular weight excluding hydrogens is 484 g/mol. The Morgan fingerprint density at radius 3 is 2.38 bits per heavy atom. The number of aryl methyl sites for hydroxylation is 2. The van der Waals surface area contributed by atoms with Crippen LogP contribution in [-0.2, 0) is 0 Å². The summed E-state index contributed by atoms with van der Waals surface area (Å²) in [5.41, 5.74) is 15.9. The average Bonchev–Trinajstić information content (AvgIpc) is 3.52. The zero-order valence-electron chi connectivity index (χ0n) is 22.6. The van der Waals surface area contributed by atoms with Gasteiger partial charge in [-0.1, -0.05) is 103 Å². The molecule has 0 amide bonds. The summed E-state index contributed by atoms with van der Waals surface area (Å²) in [6.45, 7) is 4.41. The van der Waals surface area contributed by atoms with Crippen molar-refractivity contribution in [2.45, 2.75) is 25.8 Å². The topological polar surface area (TPSA) is 8.17 Å². The van der Waals surface area contributed by atoms with E-state index in [4.69, 9.17) is 0 Å². The van der Waals surface area contributed by atoms with Gasteiger partial charge in [-0.3, -0.25) is 0 Å². The number of allylic oxidation sites excluding steroid dienone is 2. The molecule has 6 aromatic rings. The third-order valence-corrected chi connectivity index (χ3v) is 9.30. The highest BCUT2D eigenvalue weighted by molar-refractivity contribution is 6.22. The van der Waals surface area contributed by atoms with Crippen LogP contribution in [-0.4, -0.2) is 10.6 Å². The van der Waals surface area contributed by atoms with Gasteiger partial charge in [0.2, 0.25) is 0 Å². The standard InChI is InChI=1S/C38H28N2/c1-23-10-9-12-25(22-23)27-18-20-33-37-35(27)29-14-5-7-16-31(29)39(37)34-21-19-28(26-13-4-3-11-24(26)2)36-30-15-6-8-17-32(30)40(33)38(34)36/h3-22,35,37H,1-2H3. The summed E-state index contributed by atoms with van der Waals surface area (Å²) in [5, 5.41) is 2.66. The molecule has 2 nitrogen and oxygen atoms in total. The van der Waals surface area contributed by atoms with Crippen LogP contribution in [0.1, 0.15) is 28.2 Å². The van der Waals surface area contributed by atoms with Gasteiger partial charge >= 0.3 is 0 Å². The van der Waals surface area contributed by atoms with Crippen LogP contribution in [0.25, 0.3) is 44.2 Å². The molecule has 2 aliphatic heterocycles. The first-order valence-corrected chi connectivity index (χ1v) is 14.2. The Labute approximate surface area is 234 Å². The van der Waals surface area contributed by atoms with Gasteiger partial charge in [0.15, 0.2) is 0 Å².